The minimum absolute atomic E-state index is 0.855. The summed E-state index contributed by atoms with van der Waals surface area (Å²) >= 11 is 0. The molecule has 214 valence electrons. The lowest BCUT2D eigenvalue weighted by Crippen LogP contribution is -1.94. The third-order valence-electron chi connectivity index (χ3n) is 9.60. The molecule has 0 aliphatic carbocycles. The third-order valence-corrected chi connectivity index (χ3v) is 9.60. The van der Waals surface area contributed by atoms with Crippen molar-refractivity contribution in [2.24, 2.45) is 0 Å². The summed E-state index contributed by atoms with van der Waals surface area (Å²) in [6.45, 7) is 0. The Labute approximate surface area is 261 Å². The van der Waals surface area contributed by atoms with Crippen LogP contribution in [0.25, 0.3) is 104 Å². The third kappa shape index (κ3) is 3.12. The molecule has 11 rings (SSSR count). The van der Waals surface area contributed by atoms with Crippen LogP contribution in [0.5, 0.6) is 0 Å². The molecule has 11 aromatic rings. The van der Waals surface area contributed by atoms with E-state index in [2.05, 4.69) is 114 Å². The Balaban J connectivity index is 1.16. The summed E-state index contributed by atoms with van der Waals surface area (Å²) in [5.41, 5.74) is 10.9. The molecular formula is C42H23NO3. The summed E-state index contributed by atoms with van der Waals surface area (Å²) in [4.78, 5) is 0. The van der Waals surface area contributed by atoms with Crippen molar-refractivity contribution in [1.29, 1.82) is 0 Å². The van der Waals surface area contributed by atoms with E-state index >= 15 is 0 Å². The first-order chi connectivity index (χ1) is 22.8. The van der Waals surface area contributed by atoms with Crippen LogP contribution in [0.3, 0.4) is 0 Å². The average molecular weight is 590 g/mol. The normalized spacial score (nSPS) is 12.3. The SMILES string of the molecule is c1ccc2c(c1)oc1cc(-c3ccc4c(c3)oc3cccc(-n5c6ccccc6c6c7c(ccc65)oc5ccccc57)c34)ccc12. The van der Waals surface area contributed by atoms with Gasteiger partial charge in [-0.1, -0.05) is 72.8 Å². The van der Waals surface area contributed by atoms with Crippen LogP contribution in [-0.4, -0.2) is 4.57 Å². The smallest absolute Gasteiger partial charge is 0.137 e. The van der Waals surface area contributed by atoms with Gasteiger partial charge in [0.05, 0.1) is 22.1 Å². The quantitative estimate of drug-likeness (QED) is 0.201. The van der Waals surface area contributed by atoms with Gasteiger partial charge >= 0.3 is 0 Å². The standard InChI is InChI=1S/C42H23NO3/c1-4-11-31-28(9-1)41-33(20-21-37-42(41)29-10-3-6-14-35(29)44-37)43(31)32-12-7-15-36-40(32)30-19-17-25(23-39(30)46-36)24-16-18-27-26-8-2-5-13-34(26)45-38(27)22-24/h1-23H. The number of hydrogen-bond donors (Lipinski definition) is 0. The maximum Gasteiger partial charge on any atom is 0.137 e. The second-order valence-electron chi connectivity index (χ2n) is 12.1. The number of furan rings is 3. The van der Waals surface area contributed by atoms with E-state index in [9.17, 15) is 0 Å². The first-order valence-electron chi connectivity index (χ1n) is 15.5. The molecule has 0 bridgehead atoms. The van der Waals surface area contributed by atoms with E-state index in [-0.39, 0.29) is 0 Å². The van der Waals surface area contributed by atoms with Crippen molar-refractivity contribution in [3.05, 3.63) is 140 Å². The molecule has 0 saturated heterocycles. The van der Waals surface area contributed by atoms with E-state index in [1.165, 1.54) is 10.8 Å². The van der Waals surface area contributed by atoms with Crippen molar-refractivity contribution < 1.29 is 13.3 Å². The zero-order valence-corrected chi connectivity index (χ0v) is 24.5. The molecule has 4 heterocycles. The molecule has 4 aromatic heterocycles. The molecule has 46 heavy (non-hydrogen) atoms. The van der Waals surface area contributed by atoms with Gasteiger partial charge in [-0.25, -0.2) is 0 Å². The summed E-state index contributed by atoms with van der Waals surface area (Å²) in [7, 11) is 0. The Morgan fingerprint density at radius 3 is 1.74 bits per heavy atom. The minimum Gasteiger partial charge on any atom is -0.456 e. The zero-order chi connectivity index (χ0) is 29.9. The molecule has 0 spiro atoms. The van der Waals surface area contributed by atoms with Crippen LogP contribution in [0.4, 0.5) is 0 Å². The Bertz CT molecular complexity index is 3040. The highest BCUT2D eigenvalue weighted by molar-refractivity contribution is 6.28. The maximum atomic E-state index is 6.58. The molecule has 0 radical (unpaired) electrons. The van der Waals surface area contributed by atoms with Crippen molar-refractivity contribution in [3.8, 4) is 16.8 Å². The maximum absolute atomic E-state index is 6.58. The Morgan fingerprint density at radius 1 is 0.326 bits per heavy atom. The fraction of sp³-hybridized carbons (Fsp3) is 0. The predicted molar refractivity (Wildman–Crippen MR) is 188 cm³/mol. The van der Waals surface area contributed by atoms with Gasteiger partial charge in [0.1, 0.15) is 33.5 Å². The summed E-state index contributed by atoms with van der Waals surface area (Å²) in [5, 5.41) is 9.12. The highest BCUT2D eigenvalue weighted by Gasteiger charge is 2.21. The Hall–Kier alpha value is -6.26. The van der Waals surface area contributed by atoms with Crippen LogP contribution in [0, 0.1) is 0 Å². The molecule has 4 nitrogen and oxygen atoms in total. The number of fused-ring (bicyclic) bond motifs is 13. The summed E-state index contributed by atoms with van der Waals surface area (Å²) in [6.07, 6.45) is 0. The van der Waals surface area contributed by atoms with Gasteiger partial charge in [-0.05, 0) is 77.9 Å². The number of para-hydroxylation sites is 3. The lowest BCUT2D eigenvalue weighted by molar-refractivity contribution is 0.668. The van der Waals surface area contributed by atoms with Crippen molar-refractivity contribution in [2.45, 2.75) is 0 Å². The molecule has 4 heteroatoms. The zero-order valence-electron chi connectivity index (χ0n) is 24.5. The molecule has 0 fully saturated rings. The van der Waals surface area contributed by atoms with Crippen molar-refractivity contribution in [3.63, 3.8) is 0 Å². The van der Waals surface area contributed by atoms with Crippen LogP contribution >= 0.6 is 0 Å². The second-order valence-corrected chi connectivity index (χ2v) is 12.1. The largest absolute Gasteiger partial charge is 0.456 e. The lowest BCUT2D eigenvalue weighted by atomic mass is 10.0. The van der Waals surface area contributed by atoms with Crippen LogP contribution < -0.4 is 0 Å². The summed E-state index contributed by atoms with van der Waals surface area (Å²) in [5.74, 6) is 0. The summed E-state index contributed by atoms with van der Waals surface area (Å²) in [6, 6.07) is 48.7. The van der Waals surface area contributed by atoms with Gasteiger partial charge in [0.2, 0.25) is 0 Å². The van der Waals surface area contributed by atoms with Gasteiger partial charge < -0.3 is 17.8 Å². The number of rotatable bonds is 2. The molecule has 0 amide bonds. The number of nitrogens with zero attached hydrogens (tertiary/aromatic N) is 1. The van der Waals surface area contributed by atoms with Gasteiger partial charge in [-0.15, -0.1) is 0 Å². The van der Waals surface area contributed by atoms with Crippen LogP contribution in [-0.2, 0) is 0 Å². The lowest BCUT2D eigenvalue weighted by Gasteiger charge is -2.09. The molecular weight excluding hydrogens is 566 g/mol. The fourth-order valence-electron chi connectivity index (χ4n) is 7.61. The molecule has 0 atom stereocenters. The predicted octanol–water partition coefficient (Wildman–Crippen LogP) is 12.1. The molecule has 0 aliphatic heterocycles. The Kier molecular flexibility index (Phi) is 4.55. The van der Waals surface area contributed by atoms with Gasteiger partial charge in [0, 0.05) is 37.7 Å². The average Bonchev–Trinajstić information content (AvgIpc) is 3.85. The molecule has 0 aliphatic rings. The first-order valence-corrected chi connectivity index (χ1v) is 15.5. The van der Waals surface area contributed by atoms with E-state index in [0.717, 1.165) is 93.7 Å². The van der Waals surface area contributed by atoms with Crippen LogP contribution in [0.15, 0.2) is 153 Å². The fourth-order valence-corrected chi connectivity index (χ4v) is 7.61. The molecule has 0 saturated carbocycles. The minimum atomic E-state index is 0.855. The topological polar surface area (TPSA) is 44.4 Å². The van der Waals surface area contributed by atoms with Crippen molar-refractivity contribution >= 4 is 87.6 Å². The number of aromatic nitrogens is 1. The Morgan fingerprint density at radius 2 is 0.891 bits per heavy atom. The highest BCUT2D eigenvalue weighted by atomic mass is 16.3. The number of hydrogen-bond acceptors (Lipinski definition) is 3. The van der Waals surface area contributed by atoms with Crippen molar-refractivity contribution in [2.75, 3.05) is 0 Å². The van der Waals surface area contributed by atoms with E-state index in [4.69, 9.17) is 13.3 Å². The van der Waals surface area contributed by atoms with Crippen LogP contribution in [0.1, 0.15) is 0 Å². The molecule has 0 N–H and O–H groups in total. The summed E-state index contributed by atoms with van der Waals surface area (Å²) < 4.78 is 21.4. The second kappa shape index (κ2) is 8.68. The van der Waals surface area contributed by atoms with E-state index < -0.39 is 0 Å². The van der Waals surface area contributed by atoms with E-state index in [1.807, 2.05) is 30.3 Å². The molecule has 7 aromatic carbocycles. The van der Waals surface area contributed by atoms with E-state index in [1.54, 1.807) is 0 Å². The molecule has 0 unspecified atom stereocenters. The van der Waals surface area contributed by atoms with Crippen molar-refractivity contribution in [1.82, 2.24) is 4.57 Å². The number of benzene rings is 7. The van der Waals surface area contributed by atoms with E-state index in [0.29, 0.717) is 0 Å². The van der Waals surface area contributed by atoms with Gasteiger partial charge in [0.15, 0.2) is 0 Å². The van der Waals surface area contributed by atoms with Gasteiger partial charge in [0.25, 0.3) is 0 Å². The first kappa shape index (κ1) is 24.1. The van der Waals surface area contributed by atoms with Crippen LogP contribution in [0.2, 0.25) is 0 Å². The highest BCUT2D eigenvalue weighted by Crippen LogP contribution is 2.44. The van der Waals surface area contributed by atoms with Gasteiger partial charge in [-0.2, -0.15) is 0 Å². The monoisotopic (exact) mass is 589 g/mol. The van der Waals surface area contributed by atoms with Gasteiger partial charge in [-0.3, -0.25) is 0 Å².